The van der Waals surface area contributed by atoms with E-state index in [-0.39, 0.29) is 6.42 Å². The third-order valence-corrected chi connectivity index (χ3v) is 7.67. The Morgan fingerprint density at radius 1 is 1.10 bits per heavy atom. The summed E-state index contributed by atoms with van der Waals surface area (Å²) in [5, 5.41) is 13.6. The number of nitrogens with one attached hydrogen (secondary N) is 1. The highest BCUT2D eigenvalue weighted by molar-refractivity contribution is 6.23. The number of rotatable bonds is 8. The Morgan fingerprint density at radius 3 is 2.60 bits per heavy atom. The molecule has 216 valence electrons. The molecule has 8 bridgehead atoms. The maximum atomic E-state index is 12.0. The number of carbonyl (C=O) groups is 1. The van der Waals surface area contributed by atoms with Crippen molar-refractivity contribution in [3.8, 4) is 0 Å². The van der Waals surface area contributed by atoms with Gasteiger partial charge in [0.2, 0.25) is 5.91 Å². The highest BCUT2D eigenvalue weighted by Gasteiger charge is 2.37. The number of aliphatic imine (C=N–C) groups is 3. The molecule has 1 aromatic rings. The van der Waals surface area contributed by atoms with Crippen LogP contribution in [0.3, 0.4) is 0 Å². The van der Waals surface area contributed by atoms with Crippen molar-refractivity contribution in [2.75, 3.05) is 6.61 Å². The van der Waals surface area contributed by atoms with Crippen molar-refractivity contribution in [1.82, 2.24) is 10.0 Å². The van der Waals surface area contributed by atoms with Crippen molar-refractivity contribution in [1.29, 1.82) is 0 Å². The van der Waals surface area contributed by atoms with Crippen molar-refractivity contribution in [2.45, 2.75) is 53.2 Å². The summed E-state index contributed by atoms with van der Waals surface area (Å²) >= 11 is 0. The molecule has 4 N–H and O–H groups in total. The van der Waals surface area contributed by atoms with Gasteiger partial charge in [0.1, 0.15) is 5.60 Å². The Balaban J connectivity index is 1.84. The van der Waals surface area contributed by atoms with Crippen LogP contribution in [-0.2, 0) is 16.2 Å². The number of hydrogen-bond donors (Lipinski definition) is 3. The summed E-state index contributed by atoms with van der Waals surface area (Å²) in [5.41, 5.74) is 15.5. The molecular weight excluding hydrogens is 528 g/mol. The standard InChI is InChI=1S/C33H36N6O3/c1-7-24-21(5)29-17-27-20(4)14-23(37-27)15-22-13-19(3)26(36-22)16-28-25(9-11-35-42-8-2)33(6,41)31(38-28)18-30(24)39(29)12-10-32(34)40/h7,9,11,13-18,35,41H,1,8,10,12H2,2-6H3,(H2,34,40). The Labute approximate surface area is 245 Å². The maximum Gasteiger partial charge on any atom is 0.219 e. The van der Waals surface area contributed by atoms with Gasteiger partial charge >= 0.3 is 0 Å². The van der Waals surface area contributed by atoms with Crippen LogP contribution in [0.1, 0.15) is 45.2 Å². The van der Waals surface area contributed by atoms with Crippen molar-refractivity contribution in [2.24, 2.45) is 20.7 Å². The van der Waals surface area contributed by atoms with E-state index in [1.54, 1.807) is 25.3 Å². The highest BCUT2D eigenvalue weighted by atomic mass is 16.6. The fraction of sp³-hybridized carbons (Fsp3) is 0.273. The third kappa shape index (κ3) is 5.36. The summed E-state index contributed by atoms with van der Waals surface area (Å²) in [4.78, 5) is 31.8. The van der Waals surface area contributed by atoms with E-state index >= 15 is 0 Å². The molecule has 42 heavy (non-hydrogen) atoms. The lowest BCUT2D eigenvalue weighted by atomic mass is 9.91. The molecule has 1 aromatic heterocycles. The molecule has 0 fully saturated rings. The van der Waals surface area contributed by atoms with E-state index in [9.17, 15) is 9.90 Å². The smallest absolute Gasteiger partial charge is 0.219 e. The molecule has 0 aliphatic carbocycles. The van der Waals surface area contributed by atoms with Crippen LogP contribution in [0.2, 0.25) is 0 Å². The quantitative estimate of drug-likeness (QED) is 0.331. The zero-order chi connectivity index (χ0) is 30.2. The lowest BCUT2D eigenvalue weighted by molar-refractivity contribution is -0.118. The van der Waals surface area contributed by atoms with Gasteiger partial charge in [-0.15, -0.1) is 0 Å². The number of hydrogen-bond acceptors (Lipinski definition) is 7. The molecule has 0 saturated heterocycles. The predicted molar refractivity (Wildman–Crippen MR) is 169 cm³/mol. The second kappa shape index (κ2) is 11.3. The monoisotopic (exact) mass is 564 g/mol. The lowest BCUT2D eigenvalue weighted by Gasteiger charge is -2.20. The molecule has 9 nitrogen and oxygen atoms in total. The molecule has 0 saturated carbocycles. The van der Waals surface area contributed by atoms with Crippen molar-refractivity contribution >= 4 is 41.3 Å². The second-order valence-electron chi connectivity index (χ2n) is 10.7. The summed E-state index contributed by atoms with van der Waals surface area (Å²) in [5.74, 6) is -0.408. The number of primary amides is 1. The number of carbonyl (C=O) groups excluding carboxylic acids is 1. The van der Waals surface area contributed by atoms with Crippen LogP contribution in [0.5, 0.6) is 0 Å². The van der Waals surface area contributed by atoms with E-state index in [1.165, 1.54) is 0 Å². The molecule has 5 heterocycles. The largest absolute Gasteiger partial charge is 0.379 e. The fourth-order valence-corrected chi connectivity index (χ4v) is 5.43. The number of aliphatic hydroxyl groups is 1. The van der Waals surface area contributed by atoms with Gasteiger partial charge in [-0.1, -0.05) is 12.7 Å². The van der Waals surface area contributed by atoms with E-state index in [0.717, 1.165) is 55.8 Å². The first-order chi connectivity index (χ1) is 20.0. The van der Waals surface area contributed by atoms with Gasteiger partial charge < -0.3 is 15.4 Å². The average Bonchev–Trinajstić information content (AvgIpc) is 3.59. The predicted octanol–water partition coefficient (Wildman–Crippen LogP) is 2.97. The SMILES string of the molecule is C=Cc1c(C)c2n(CCC(N)=O)c1=CC1=NC(=C(C=CNOCC)C1(C)O)C=C1N=C(C=C3C=C(C)C(=N3)C=2)C=C1C. The van der Waals surface area contributed by atoms with E-state index in [1.807, 2.05) is 68.7 Å². The van der Waals surface area contributed by atoms with Crippen LogP contribution in [0, 0.1) is 6.92 Å². The van der Waals surface area contributed by atoms with Gasteiger partial charge in [0, 0.05) is 35.7 Å². The molecule has 9 heteroatoms. The van der Waals surface area contributed by atoms with Crippen LogP contribution in [0.15, 0.2) is 91.9 Å². The number of nitrogens with two attached hydrogens (primary N) is 1. The molecule has 5 rings (SSSR count). The van der Waals surface area contributed by atoms with Gasteiger partial charge in [-0.05, 0) is 93.9 Å². The third-order valence-electron chi connectivity index (χ3n) is 7.67. The molecule has 0 radical (unpaired) electrons. The summed E-state index contributed by atoms with van der Waals surface area (Å²) in [6.07, 6.45) is 17.1. The minimum atomic E-state index is -1.45. The van der Waals surface area contributed by atoms with Crippen LogP contribution in [0.4, 0.5) is 0 Å². The number of aromatic nitrogens is 1. The van der Waals surface area contributed by atoms with Gasteiger partial charge in [0.15, 0.2) is 0 Å². The van der Waals surface area contributed by atoms with Gasteiger partial charge in [0.25, 0.3) is 0 Å². The summed E-state index contributed by atoms with van der Waals surface area (Å²) < 4.78 is 2.03. The number of allylic oxidation sites excluding steroid dienone is 6. The van der Waals surface area contributed by atoms with Crippen LogP contribution < -0.4 is 21.9 Å². The molecule has 1 atom stereocenters. The molecule has 4 aliphatic heterocycles. The van der Waals surface area contributed by atoms with Gasteiger partial charge in [0.05, 0.1) is 46.2 Å². The summed E-state index contributed by atoms with van der Waals surface area (Å²) in [6, 6.07) is 0. The Bertz CT molecular complexity index is 1800. The minimum Gasteiger partial charge on any atom is -0.379 e. The van der Waals surface area contributed by atoms with Gasteiger partial charge in [-0.2, -0.15) is 0 Å². The van der Waals surface area contributed by atoms with Crippen molar-refractivity contribution < 1.29 is 14.7 Å². The molecule has 4 aliphatic rings. The van der Waals surface area contributed by atoms with Crippen LogP contribution >= 0.6 is 0 Å². The number of hydroxylamine groups is 1. The molecule has 0 spiro atoms. The first-order valence-electron chi connectivity index (χ1n) is 13.9. The molecule has 1 amide bonds. The first-order valence-corrected chi connectivity index (χ1v) is 13.9. The second-order valence-corrected chi connectivity index (χ2v) is 10.7. The van der Waals surface area contributed by atoms with E-state index in [2.05, 4.69) is 12.1 Å². The number of nitrogens with zero attached hydrogens (tertiary/aromatic N) is 4. The van der Waals surface area contributed by atoms with Crippen LogP contribution in [-0.4, -0.2) is 44.9 Å². The van der Waals surface area contributed by atoms with E-state index < -0.39 is 11.5 Å². The summed E-state index contributed by atoms with van der Waals surface area (Å²) in [6.45, 7) is 14.5. The average molecular weight is 565 g/mol. The topological polar surface area (TPSA) is 127 Å². The highest BCUT2D eigenvalue weighted by Crippen LogP contribution is 2.34. The molecule has 0 aromatic carbocycles. The Morgan fingerprint density at radius 2 is 1.88 bits per heavy atom. The zero-order valence-electron chi connectivity index (χ0n) is 24.7. The van der Waals surface area contributed by atoms with E-state index in [4.69, 9.17) is 25.5 Å². The summed E-state index contributed by atoms with van der Waals surface area (Å²) in [7, 11) is 0. The van der Waals surface area contributed by atoms with Crippen molar-refractivity contribution in [3.05, 3.63) is 98.8 Å². The number of amides is 1. The minimum absolute atomic E-state index is 0.138. The number of fused-ring (bicyclic) bond motifs is 5. The van der Waals surface area contributed by atoms with Crippen LogP contribution in [0.25, 0.3) is 18.2 Å². The fourth-order valence-electron chi connectivity index (χ4n) is 5.43. The zero-order valence-corrected chi connectivity index (χ0v) is 24.7. The normalized spacial score (nSPS) is 21.1. The lowest BCUT2D eigenvalue weighted by Crippen LogP contribution is -2.36. The van der Waals surface area contributed by atoms with Gasteiger partial charge in [-0.25, -0.2) is 15.0 Å². The van der Waals surface area contributed by atoms with E-state index in [0.29, 0.717) is 30.1 Å². The molecular formula is C33H36N6O3. The Kier molecular flexibility index (Phi) is 7.81. The molecule has 1 unspecified atom stereocenters. The Hall–Kier alpha value is -4.60. The first kappa shape index (κ1) is 28.9. The maximum absolute atomic E-state index is 12.0. The van der Waals surface area contributed by atoms with Gasteiger partial charge in [-0.3, -0.25) is 15.1 Å². The van der Waals surface area contributed by atoms with Crippen molar-refractivity contribution in [3.63, 3.8) is 0 Å².